The van der Waals surface area contributed by atoms with Crippen molar-refractivity contribution in [2.75, 3.05) is 12.8 Å². The highest BCUT2D eigenvalue weighted by Gasteiger charge is 2.48. The first-order valence-electron chi connectivity index (χ1n) is 9.11. The second kappa shape index (κ2) is 8.12. The first kappa shape index (κ1) is 18.8. The van der Waals surface area contributed by atoms with Gasteiger partial charge >= 0.3 is 6.03 Å². The number of carbonyl (C=O) groups is 2. The Morgan fingerprint density at radius 3 is 2.62 bits per heavy atom. The summed E-state index contributed by atoms with van der Waals surface area (Å²) in [7, 11) is 1.69. The van der Waals surface area contributed by atoms with Crippen LogP contribution in [0.15, 0.2) is 29.3 Å². The van der Waals surface area contributed by atoms with Gasteiger partial charge in [-0.3, -0.25) is 10.1 Å². The number of nitrogens with one attached hydrogen (secondary N) is 1. The molecule has 1 N–H and O–H groups in total. The van der Waals surface area contributed by atoms with Gasteiger partial charge in [-0.25, -0.2) is 9.79 Å². The minimum Gasteiger partial charge on any atom is -0.331 e. The lowest BCUT2D eigenvalue weighted by atomic mass is 10.1. The van der Waals surface area contributed by atoms with Crippen LogP contribution < -0.4 is 5.32 Å². The Bertz CT molecular complexity index is 704. The molecule has 2 atom stereocenters. The van der Waals surface area contributed by atoms with Gasteiger partial charge in [0.15, 0.2) is 17.4 Å². The largest absolute Gasteiger partial charge is 0.331 e. The monoisotopic (exact) mass is 374 g/mol. The molecular formula is C19H26N4O2S. The zero-order valence-corrected chi connectivity index (χ0v) is 16.4. The molecule has 3 rings (SSSR count). The second-order valence-electron chi connectivity index (χ2n) is 6.84. The Labute approximate surface area is 159 Å². The topological polar surface area (TPSA) is 65.0 Å². The molecular weight excluding hydrogens is 348 g/mol. The maximum absolute atomic E-state index is 12.5. The van der Waals surface area contributed by atoms with Crippen LogP contribution in [0.4, 0.5) is 4.79 Å². The number of amides is 3. The summed E-state index contributed by atoms with van der Waals surface area (Å²) in [5.74, 6) is 0.702. The Morgan fingerprint density at radius 2 is 1.92 bits per heavy atom. The quantitative estimate of drug-likeness (QED) is 0.778. The maximum atomic E-state index is 12.5. The van der Waals surface area contributed by atoms with Gasteiger partial charge in [-0.2, -0.15) is 0 Å². The van der Waals surface area contributed by atoms with Crippen molar-refractivity contribution in [2.45, 2.75) is 51.9 Å². The predicted molar refractivity (Wildman–Crippen MR) is 105 cm³/mol. The van der Waals surface area contributed by atoms with Crippen molar-refractivity contribution in [1.82, 2.24) is 15.1 Å². The van der Waals surface area contributed by atoms with Crippen LogP contribution in [-0.4, -0.2) is 51.9 Å². The number of aryl methyl sites for hydroxylation is 1. The van der Waals surface area contributed by atoms with Crippen LogP contribution in [-0.2, 0) is 11.3 Å². The molecule has 1 fully saturated rings. The van der Waals surface area contributed by atoms with E-state index in [4.69, 9.17) is 4.99 Å². The number of benzene rings is 1. The molecule has 26 heavy (non-hydrogen) atoms. The molecule has 1 aromatic rings. The average molecular weight is 375 g/mol. The van der Waals surface area contributed by atoms with Crippen LogP contribution in [0.2, 0.25) is 0 Å². The highest BCUT2D eigenvalue weighted by molar-refractivity contribution is 8.13. The van der Waals surface area contributed by atoms with Crippen molar-refractivity contribution in [3.63, 3.8) is 0 Å². The smallest absolute Gasteiger partial charge is 0.325 e. The number of rotatable bonds is 6. The fourth-order valence-electron chi connectivity index (χ4n) is 3.19. The molecule has 2 unspecified atom stereocenters. The van der Waals surface area contributed by atoms with E-state index >= 15 is 0 Å². The van der Waals surface area contributed by atoms with E-state index in [1.54, 1.807) is 18.8 Å². The average Bonchev–Trinajstić information content (AvgIpc) is 2.98. The van der Waals surface area contributed by atoms with Gasteiger partial charge in [-0.15, -0.1) is 0 Å². The third-order valence-electron chi connectivity index (χ3n) is 4.78. The van der Waals surface area contributed by atoms with Crippen LogP contribution in [0.25, 0.3) is 0 Å². The molecule has 0 aliphatic carbocycles. The molecule has 2 aliphatic heterocycles. The lowest BCUT2D eigenvalue weighted by Crippen LogP contribution is -2.63. The zero-order valence-electron chi connectivity index (χ0n) is 15.6. The lowest BCUT2D eigenvalue weighted by molar-refractivity contribution is -0.127. The summed E-state index contributed by atoms with van der Waals surface area (Å²) in [5, 5.41) is 3.30. The first-order valence-corrected chi connectivity index (χ1v) is 10.1. The number of thioether (sulfide) groups is 1. The maximum Gasteiger partial charge on any atom is 0.325 e. The van der Waals surface area contributed by atoms with Crippen molar-refractivity contribution >= 4 is 28.9 Å². The number of carbonyl (C=O) groups excluding carboxylic acids is 2. The minimum absolute atomic E-state index is 0.266. The van der Waals surface area contributed by atoms with Gasteiger partial charge in [0, 0.05) is 19.3 Å². The molecule has 2 heterocycles. The third-order valence-corrected chi connectivity index (χ3v) is 5.87. The van der Waals surface area contributed by atoms with Gasteiger partial charge < -0.3 is 9.80 Å². The van der Waals surface area contributed by atoms with Gasteiger partial charge in [0.25, 0.3) is 5.91 Å². The van der Waals surface area contributed by atoms with E-state index in [0.717, 1.165) is 22.9 Å². The molecule has 0 saturated carbocycles. The molecule has 1 saturated heterocycles. The van der Waals surface area contributed by atoms with Crippen molar-refractivity contribution in [2.24, 2.45) is 4.99 Å². The van der Waals surface area contributed by atoms with E-state index in [0.29, 0.717) is 6.54 Å². The van der Waals surface area contributed by atoms with Crippen molar-refractivity contribution in [1.29, 1.82) is 0 Å². The summed E-state index contributed by atoms with van der Waals surface area (Å²) in [5.41, 5.74) is 2.34. The number of amidine groups is 1. The number of hydrogen-bond acceptors (Lipinski definition) is 5. The fourth-order valence-corrected chi connectivity index (χ4v) is 4.25. The predicted octanol–water partition coefficient (Wildman–Crippen LogP) is 2.97. The van der Waals surface area contributed by atoms with Gasteiger partial charge in [0.1, 0.15) is 0 Å². The Hall–Kier alpha value is -2.02. The molecule has 0 radical (unpaired) electrons. The number of likely N-dealkylation sites (N-methyl/N-ethyl adjacent to an activating group) is 1. The van der Waals surface area contributed by atoms with Crippen LogP contribution >= 0.6 is 11.8 Å². The molecule has 2 aliphatic rings. The SMILES string of the molecule is CCCCCSC1=NC2C(C(=O)NC(=O)N2C)N1Cc1ccc(C)cc1. The highest BCUT2D eigenvalue weighted by Crippen LogP contribution is 2.30. The highest BCUT2D eigenvalue weighted by atomic mass is 32.2. The van der Waals surface area contributed by atoms with E-state index in [2.05, 4.69) is 43.4 Å². The van der Waals surface area contributed by atoms with E-state index in [9.17, 15) is 9.59 Å². The fraction of sp³-hybridized carbons (Fsp3) is 0.526. The lowest BCUT2D eigenvalue weighted by Gasteiger charge is -2.36. The standard InChI is InChI=1S/C19H26N4O2S/c1-4-5-6-11-26-19-20-16-15(17(24)21-18(25)22(16)3)23(19)12-14-9-7-13(2)8-10-14/h7-10,15-16H,4-6,11-12H2,1-3H3,(H,21,24,25). The summed E-state index contributed by atoms with van der Waals surface area (Å²) < 4.78 is 0. The molecule has 1 aromatic carbocycles. The summed E-state index contributed by atoms with van der Waals surface area (Å²) in [4.78, 5) is 32.8. The summed E-state index contributed by atoms with van der Waals surface area (Å²) in [6, 6.07) is 7.46. The van der Waals surface area contributed by atoms with E-state index in [1.807, 2.05) is 4.90 Å². The summed E-state index contributed by atoms with van der Waals surface area (Å²) in [6.07, 6.45) is 3.03. The molecule has 140 valence electrons. The number of aliphatic imine (C=N–C) groups is 1. The number of hydrogen-bond donors (Lipinski definition) is 1. The van der Waals surface area contributed by atoms with Crippen LogP contribution in [0.1, 0.15) is 37.3 Å². The molecule has 0 bridgehead atoms. The summed E-state index contributed by atoms with van der Waals surface area (Å²) >= 11 is 1.68. The van der Waals surface area contributed by atoms with Gasteiger partial charge in [-0.05, 0) is 18.9 Å². The third kappa shape index (κ3) is 3.87. The number of unbranched alkanes of at least 4 members (excludes halogenated alkanes) is 2. The van der Waals surface area contributed by atoms with E-state index in [-0.39, 0.29) is 11.9 Å². The van der Waals surface area contributed by atoms with Crippen molar-refractivity contribution in [3.05, 3.63) is 35.4 Å². The van der Waals surface area contributed by atoms with Gasteiger partial charge in [0.05, 0.1) is 0 Å². The van der Waals surface area contributed by atoms with Gasteiger partial charge in [-0.1, -0.05) is 61.4 Å². The molecule has 6 nitrogen and oxygen atoms in total. The molecule has 0 spiro atoms. The van der Waals surface area contributed by atoms with Crippen LogP contribution in [0, 0.1) is 6.92 Å². The molecule has 0 aromatic heterocycles. The van der Waals surface area contributed by atoms with Crippen LogP contribution in [0.5, 0.6) is 0 Å². The number of imide groups is 1. The Morgan fingerprint density at radius 1 is 1.19 bits per heavy atom. The van der Waals surface area contributed by atoms with E-state index < -0.39 is 12.2 Å². The number of urea groups is 1. The first-order chi connectivity index (χ1) is 12.5. The number of nitrogens with zero attached hydrogens (tertiary/aromatic N) is 3. The zero-order chi connectivity index (χ0) is 18.7. The Kier molecular flexibility index (Phi) is 5.86. The van der Waals surface area contributed by atoms with Crippen molar-refractivity contribution in [3.8, 4) is 0 Å². The van der Waals surface area contributed by atoms with Crippen molar-refractivity contribution < 1.29 is 9.59 Å². The minimum atomic E-state index is -0.465. The molecule has 7 heteroatoms. The Balaban J connectivity index is 1.81. The van der Waals surface area contributed by atoms with E-state index in [1.165, 1.54) is 23.3 Å². The number of fused-ring (bicyclic) bond motifs is 1. The second-order valence-corrected chi connectivity index (χ2v) is 7.91. The van der Waals surface area contributed by atoms with Gasteiger partial charge in [0.2, 0.25) is 0 Å². The molecule has 3 amide bonds. The normalized spacial score (nSPS) is 22.3. The van der Waals surface area contributed by atoms with Crippen LogP contribution in [0.3, 0.4) is 0 Å². The summed E-state index contributed by atoms with van der Waals surface area (Å²) in [6.45, 7) is 4.85.